The van der Waals surface area contributed by atoms with E-state index >= 15 is 0 Å². The van der Waals surface area contributed by atoms with Gasteiger partial charge >= 0.3 is 0 Å². The zero-order chi connectivity index (χ0) is 18.8. The molecule has 0 aliphatic heterocycles. The van der Waals surface area contributed by atoms with E-state index in [-0.39, 0.29) is 0 Å². The standard InChI is InChI=1S/C19H16N6OS/c1-26-15-7-5-13(6-8-15)18-22-23-19(25(18)21)27-12-14-11-24-9-3-2-4-17(24)16(14)10-20/h2-9,11H,12,21H2,1H3. The Morgan fingerprint density at radius 1 is 1.19 bits per heavy atom. The lowest BCUT2D eigenvalue weighted by Crippen LogP contribution is -2.11. The highest BCUT2D eigenvalue weighted by Crippen LogP contribution is 2.28. The third-order valence-corrected chi connectivity index (χ3v) is 5.24. The van der Waals surface area contributed by atoms with Gasteiger partial charge < -0.3 is 15.0 Å². The van der Waals surface area contributed by atoms with Gasteiger partial charge in [0.25, 0.3) is 0 Å². The molecule has 1 aromatic carbocycles. The summed E-state index contributed by atoms with van der Waals surface area (Å²) in [6.07, 6.45) is 3.89. The van der Waals surface area contributed by atoms with E-state index in [0.717, 1.165) is 22.4 Å². The Kier molecular flexibility index (Phi) is 4.44. The van der Waals surface area contributed by atoms with Gasteiger partial charge in [0, 0.05) is 23.7 Å². The van der Waals surface area contributed by atoms with Gasteiger partial charge in [0.15, 0.2) is 5.82 Å². The highest BCUT2D eigenvalue weighted by molar-refractivity contribution is 7.98. The van der Waals surface area contributed by atoms with E-state index in [4.69, 9.17) is 10.6 Å². The average Bonchev–Trinajstić information content (AvgIpc) is 3.26. The molecule has 0 bridgehead atoms. The average molecular weight is 376 g/mol. The quantitative estimate of drug-likeness (QED) is 0.425. The van der Waals surface area contributed by atoms with E-state index in [1.165, 1.54) is 16.4 Å². The summed E-state index contributed by atoms with van der Waals surface area (Å²) in [4.78, 5) is 0. The number of methoxy groups -OCH3 is 1. The summed E-state index contributed by atoms with van der Waals surface area (Å²) in [5, 5.41) is 18.5. The van der Waals surface area contributed by atoms with E-state index in [1.54, 1.807) is 7.11 Å². The van der Waals surface area contributed by atoms with Crippen LogP contribution in [0.4, 0.5) is 0 Å². The van der Waals surface area contributed by atoms with Gasteiger partial charge in [0.1, 0.15) is 11.8 Å². The normalized spacial score (nSPS) is 10.8. The lowest BCUT2D eigenvalue weighted by atomic mass is 10.2. The zero-order valence-corrected chi connectivity index (χ0v) is 15.3. The Labute approximate surface area is 160 Å². The number of ether oxygens (including phenoxy) is 1. The predicted octanol–water partition coefficient (Wildman–Crippen LogP) is 3.08. The van der Waals surface area contributed by atoms with Crippen molar-refractivity contribution in [3.05, 3.63) is 66.0 Å². The minimum Gasteiger partial charge on any atom is -0.497 e. The van der Waals surface area contributed by atoms with Crippen LogP contribution in [0.3, 0.4) is 0 Å². The van der Waals surface area contributed by atoms with E-state index in [1.807, 2.05) is 59.3 Å². The number of aromatic nitrogens is 4. The number of nitrogen functional groups attached to an aromatic ring is 1. The van der Waals surface area contributed by atoms with Crippen LogP contribution in [0.2, 0.25) is 0 Å². The van der Waals surface area contributed by atoms with Crippen molar-refractivity contribution in [3.63, 3.8) is 0 Å². The number of benzene rings is 1. The Bertz CT molecular complexity index is 1140. The van der Waals surface area contributed by atoms with Gasteiger partial charge in [-0.15, -0.1) is 10.2 Å². The summed E-state index contributed by atoms with van der Waals surface area (Å²) in [5.41, 5.74) is 3.35. The summed E-state index contributed by atoms with van der Waals surface area (Å²) < 4.78 is 8.58. The maximum Gasteiger partial charge on any atom is 0.210 e. The van der Waals surface area contributed by atoms with E-state index < -0.39 is 0 Å². The van der Waals surface area contributed by atoms with Gasteiger partial charge in [-0.1, -0.05) is 17.8 Å². The van der Waals surface area contributed by atoms with Crippen molar-refractivity contribution < 1.29 is 4.74 Å². The van der Waals surface area contributed by atoms with Crippen LogP contribution in [0.15, 0.2) is 60.0 Å². The second kappa shape index (κ2) is 7.05. The molecule has 3 heterocycles. The lowest BCUT2D eigenvalue weighted by molar-refractivity contribution is 0.415. The van der Waals surface area contributed by atoms with Crippen molar-refractivity contribution >= 4 is 17.3 Å². The third kappa shape index (κ3) is 3.09. The van der Waals surface area contributed by atoms with Gasteiger partial charge in [0.05, 0.1) is 18.2 Å². The van der Waals surface area contributed by atoms with Gasteiger partial charge in [-0.05, 0) is 42.0 Å². The SMILES string of the molecule is COc1ccc(-c2nnc(SCc3cn4ccccc4c3C#N)n2N)cc1. The van der Waals surface area contributed by atoms with E-state index in [9.17, 15) is 5.26 Å². The summed E-state index contributed by atoms with van der Waals surface area (Å²) in [5.74, 6) is 8.09. The number of thioether (sulfide) groups is 1. The van der Waals surface area contributed by atoms with Crippen LogP contribution in [-0.4, -0.2) is 26.4 Å². The van der Waals surface area contributed by atoms with Crippen LogP contribution in [0.1, 0.15) is 11.1 Å². The van der Waals surface area contributed by atoms with Crippen LogP contribution in [0.5, 0.6) is 5.75 Å². The largest absolute Gasteiger partial charge is 0.497 e. The number of fused-ring (bicyclic) bond motifs is 1. The lowest BCUT2D eigenvalue weighted by Gasteiger charge is -2.04. The molecule has 0 saturated carbocycles. The number of nitriles is 1. The topological polar surface area (TPSA) is 94.2 Å². The van der Waals surface area contributed by atoms with Gasteiger partial charge in [-0.3, -0.25) is 0 Å². The van der Waals surface area contributed by atoms with Crippen LogP contribution >= 0.6 is 11.8 Å². The molecule has 4 rings (SSSR count). The molecule has 0 radical (unpaired) electrons. The van der Waals surface area contributed by atoms with Crippen molar-refractivity contribution in [2.75, 3.05) is 13.0 Å². The van der Waals surface area contributed by atoms with Crippen molar-refractivity contribution in [2.45, 2.75) is 10.9 Å². The molecule has 0 atom stereocenters. The molecule has 27 heavy (non-hydrogen) atoms. The summed E-state index contributed by atoms with van der Waals surface area (Å²) in [7, 11) is 1.62. The number of rotatable bonds is 5. The first-order valence-electron chi connectivity index (χ1n) is 8.17. The minimum absolute atomic E-state index is 0.572. The van der Waals surface area contributed by atoms with Crippen LogP contribution < -0.4 is 10.6 Å². The molecule has 0 amide bonds. The van der Waals surface area contributed by atoms with Gasteiger partial charge in [0.2, 0.25) is 5.16 Å². The first-order valence-corrected chi connectivity index (χ1v) is 9.16. The third-order valence-electron chi connectivity index (χ3n) is 4.24. The molecule has 0 fully saturated rings. The monoisotopic (exact) mass is 376 g/mol. The molecular weight excluding hydrogens is 360 g/mol. The van der Waals surface area contributed by atoms with Gasteiger partial charge in [-0.25, -0.2) is 4.68 Å². The van der Waals surface area contributed by atoms with Crippen LogP contribution in [0, 0.1) is 11.3 Å². The Hall–Kier alpha value is -3.44. The molecular formula is C19H16N6OS. The fourth-order valence-electron chi connectivity index (χ4n) is 2.87. The van der Waals surface area contributed by atoms with E-state index in [2.05, 4.69) is 16.3 Å². The number of nitrogens with zero attached hydrogens (tertiary/aromatic N) is 5. The molecule has 3 aromatic heterocycles. The summed E-state index contributed by atoms with van der Waals surface area (Å²) in [6, 6.07) is 15.5. The first kappa shape index (κ1) is 17.0. The molecule has 0 aliphatic carbocycles. The number of hydrogen-bond donors (Lipinski definition) is 1. The molecule has 0 spiro atoms. The second-order valence-corrected chi connectivity index (χ2v) is 6.77. The molecule has 0 aliphatic rings. The molecule has 134 valence electrons. The number of nitrogens with two attached hydrogens (primary N) is 1. The van der Waals surface area contributed by atoms with Gasteiger partial charge in [-0.2, -0.15) is 5.26 Å². The highest BCUT2D eigenvalue weighted by Gasteiger charge is 2.15. The smallest absolute Gasteiger partial charge is 0.210 e. The fraction of sp³-hybridized carbons (Fsp3) is 0.105. The Balaban J connectivity index is 1.58. The maximum atomic E-state index is 9.51. The summed E-state index contributed by atoms with van der Waals surface area (Å²) in [6.45, 7) is 0. The maximum absolute atomic E-state index is 9.51. The molecule has 2 N–H and O–H groups in total. The van der Waals surface area contributed by atoms with Crippen LogP contribution in [0.25, 0.3) is 16.9 Å². The Morgan fingerprint density at radius 2 is 2.00 bits per heavy atom. The van der Waals surface area contributed by atoms with Crippen molar-refractivity contribution in [3.8, 4) is 23.2 Å². The molecule has 0 unspecified atom stereocenters. The van der Waals surface area contributed by atoms with Crippen molar-refractivity contribution in [1.82, 2.24) is 19.3 Å². The molecule has 4 aromatic rings. The predicted molar refractivity (Wildman–Crippen MR) is 104 cm³/mol. The second-order valence-electron chi connectivity index (χ2n) is 5.83. The number of hydrogen-bond acceptors (Lipinski definition) is 6. The molecule has 7 nitrogen and oxygen atoms in total. The first-order chi connectivity index (χ1) is 13.2. The van der Waals surface area contributed by atoms with Crippen molar-refractivity contribution in [1.29, 1.82) is 5.26 Å². The number of pyridine rings is 1. The zero-order valence-electron chi connectivity index (χ0n) is 14.5. The molecule has 8 heteroatoms. The van der Waals surface area contributed by atoms with Crippen molar-refractivity contribution in [2.24, 2.45) is 0 Å². The summed E-state index contributed by atoms with van der Waals surface area (Å²) >= 11 is 1.44. The minimum atomic E-state index is 0.572. The fourth-order valence-corrected chi connectivity index (χ4v) is 3.70. The van der Waals surface area contributed by atoms with E-state index in [0.29, 0.717) is 22.3 Å². The van der Waals surface area contributed by atoms with Crippen LogP contribution in [-0.2, 0) is 5.75 Å². The highest BCUT2D eigenvalue weighted by atomic mass is 32.2. The Morgan fingerprint density at radius 3 is 2.74 bits per heavy atom. The molecule has 0 saturated heterocycles.